The lowest BCUT2D eigenvalue weighted by Crippen LogP contribution is -2.66. The summed E-state index contributed by atoms with van der Waals surface area (Å²) >= 11 is 0. The van der Waals surface area contributed by atoms with Crippen molar-refractivity contribution in [1.29, 1.82) is 0 Å². The van der Waals surface area contributed by atoms with E-state index in [-0.39, 0.29) is 11.6 Å². The third-order valence-electron chi connectivity index (χ3n) is 7.33. The fourth-order valence-electron chi connectivity index (χ4n) is 7.29. The number of carbonyl (C=O) groups excluding carboxylic acids is 1. The molecule has 6 rings (SSSR count). The molecule has 0 radical (unpaired) electrons. The van der Waals surface area contributed by atoms with E-state index in [1.54, 1.807) is 0 Å². The second-order valence-electron chi connectivity index (χ2n) is 10.8. The molecule has 4 fully saturated rings. The van der Waals surface area contributed by atoms with Crippen molar-refractivity contribution in [1.82, 2.24) is 15.8 Å². The number of hydrogen-bond acceptors (Lipinski definition) is 3. The first-order valence-electron chi connectivity index (χ1n) is 10.8. The van der Waals surface area contributed by atoms with Gasteiger partial charge in [-0.15, -0.1) is 0 Å². The summed E-state index contributed by atoms with van der Waals surface area (Å²) in [5, 5.41) is 10.5. The fraction of sp³-hybridized carbons (Fsp3) is 0.583. The van der Waals surface area contributed by atoms with Crippen LogP contribution in [0, 0.1) is 23.7 Å². The Kier molecular flexibility index (Phi) is 4.10. The van der Waals surface area contributed by atoms with Crippen LogP contribution in [0.1, 0.15) is 63.6 Å². The summed E-state index contributed by atoms with van der Waals surface area (Å²) in [6.07, 6.45) is 7.32. The molecule has 1 aromatic heterocycles. The summed E-state index contributed by atoms with van der Waals surface area (Å²) in [4.78, 5) is 12.7. The van der Waals surface area contributed by atoms with E-state index in [0.29, 0.717) is 17.4 Å². The predicted molar refractivity (Wildman–Crippen MR) is 112 cm³/mol. The van der Waals surface area contributed by atoms with Gasteiger partial charge in [0, 0.05) is 17.2 Å². The van der Waals surface area contributed by atoms with Crippen molar-refractivity contribution in [2.75, 3.05) is 0 Å². The Morgan fingerprint density at radius 1 is 1.10 bits per heavy atom. The molecular formula is C24H31N3O2. The zero-order chi connectivity index (χ0) is 20.3. The van der Waals surface area contributed by atoms with Gasteiger partial charge in [-0.25, -0.2) is 4.79 Å². The number of aromatic nitrogens is 1. The van der Waals surface area contributed by atoms with Crippen molar-refractivity contribution >= 4 is 6.03 Å². The summed E-state index contributed by atoms with van der Waals surface area (Å²) < 4.78 is 5.46. The predicted octanol–water partition coefficient (Wildman–Crippen LogP) is 5.20. The van der Waals surface area contributed by atoms with Crippen molar-refractivity contribution < 1.29 is 9.32 Å². The Morgan fingerprint density at radius 3 is 2.45 bits per heavy atom. The minimum Gasteiger partial charge on any atom is -0.356 e. The number of benzene rings is 1. The number of nitrogens with zero attached hydrogens (tertiary/aromatic N) is 1. The molecule has 2 N–H and O–H groups in total. The first kappa shape index (κ1) is 18.7. The maximum Gasteiger partial charge on any atom is 0.315 e. The molecule has 4 bridgehead atoms. The number of nitrogens with one attached hydrogen (secondary N) is 2. The fourth-order valence-corrected chi connectivity index (χ4v) is 7.29. The van der Waals surface area contributed by atoms with Crippen LogP contribution < -0.4 is 10.6 Å². The van der Waals surface area contributed by atoms with E-state index in [1.807, 2.05) is 18.2 Å². The van der Waals surface area contributed by atoms with Gasteiger partial charge in [-0.1, -0.05) is 48.8 Å². The lowest BCUT2D eigenvalue weighted by molar-refractivity contribution is -0.113. The van der Waals surface area contributed by atoms with Crippen LogP contribution in [0.2, 0.25) is 0 Å². The molecular weight excluding hydrogens is 362 g/mol. The van der Waals surface area contributed by atoms with Gasteiger partial charge in [-0.3, -0.25) is 0 Å². The highest BCUT2D eigenvalue weighted by Gasteiger charge is 2.60. The van der Waals surface area contributed by atoms with Crippen molar-refractivity contribution in [2.24, 2.45) is 16.7 Å². The molecule has 5 heteroatoms. The normalized spacial score (nSPS) is 34.9. The monoisotopic (exact) mass is 393 g/mol. The molecule has 1 heterocycles. The lowest BCUT2D eigenvalue weighted by atomic mass is 9.43. The SMILES string of the molecule is Cc1ccc(-c2cc(CNC(=O)NC34CC5CC(C)(CC(C)(C5)C3)C4)no2)cc1. The Labute approximate surface area is 172 Å². The number of rotatable bonds is 4. The molecule has 2 amide bonds. The third kappa shape index (κ3) is 3.56. The van der Waals surface area contributed by atoms with E-state index in [4.69, 9.17) is 4.52 Å². The summed E-state index contributed by atoms with van der Waals surface area (Å²) in [5.41, 5.74) is 3.67. The van der Waals surface area contributed by atoms with Crippen molar-refractivity contribution in [3.63, 3.8) is 0 Å². The van der Waals surface area contributed by atoms with E-state index >= 15 is 0 Å². The molecule has 29 heavy (non-hydrogen) atoms. The van der Waals surface area contributed by atoms with E-state index in [1.165, 1.54) is 24.8 Å². The molecule has 0 saturated heterocycles. The van der Waals surface area contributed by atoms with Crippen LogP contribution in [0.3, 0.4) is 0 Å². The maximum atomic E-state index is 12.7. The van der Waals surface area contributed by atoms with Gasteiger partial charge in [0.25, 0.3) is 0 Å². The quantitative estimate of drug-likeness (QED) is 0.750. The van der Waals surface area contributed by atoms with E-state index < -0.39 is 0 Å². The van der Waals surface area contributed by atoms with Gasteiger partial charge in [-0.05, 0) is 62.2 Å². The summed E-state index contributed by atoms with van der Waals surface area (Å²) in [6.45, 7) is 7.27. The Hall–Kier alpha value is -2.30. The summed E-state index contributed by atoms with van der Waals surface area (Å²) in [6, 6.07) is 9.96. The van der Waals surface area contributed by atoms with Crippen LogP contribution in [-0.4, -0.2) is 16.7 Å². The number of amides is 2. The Balaban J connectivity index is 1.22. The number of urea groups is 1. The maximum absolute atomic E-state index is 12.7. The average molecular weight is 394 g/mol. The van der Waals surface area contributed by atoms with Crippen LogP contribution in [0.5, 0.6) is 0 Å². The molecule has 4 aliphatic rings. The van der Waals surface area contributed by atoms with Crippen LogP contribution in [0.15, 0.2) is 34.9 Å². The van der Waals surface area contributed by atoms with Crippen molar-refractivity contribution in [3.05, 3.63) is 41.6 Å². The minimum atomic E-state index is -0.0842. The minimum absolute atomic E-state index is 0.0378. The standard InChI is InChI=1S/C24H31N3O2/c1-16-4-6-18(7-5-16)20-8-19(27-29-20)12-25-21(28)26-24-11-17-9-22(2,14-24)13-23(3,10-17)15-24/h4-8,17H,9-15H2,1-3H3,(H2,25,26,28). The van der Waals surface area contributed by atoms with Gasteiger partial charge in [0.15, 0.2) is 5.76 Å². The smallest absolute Gasteiger partial charge is 0.315 e. The largest absolute Gasteiger partial charge is 0.356 e. The first-order valence-corrected chi connectivity index (χ1v) is 10.8. The molecule has 4 saturated carbocycles. The van der Waals surface area contributed by atoms with Gasteiger partial charge in [0.2, 0.25) is 0 Å². The second-order valence-corrected chi connectivity index (χ2v) is 10.8. The molecule has 4 aliphatic carbocycles. The summed E-state index contributed by atoms with van der Waals surface area (Å²) in [5.74, 6) is 1.48. The zero-order valence-electron chi connectivity index (χ0n) is 17.7. The topological polar surface area (TPSA) is 67.2 Å². The lowest BCUT2D eigenvalue weighted by Gasteiger charge is -2.65. The number of aryl methyl sites for hydroxylation is 1. The van der Waals surface area contributed by atoms with Crippen LogP contribution in [0.25, 0.3) is 11.3 Å². The van der Waals surface area contributed by atoms with Crippen LogP contribution in [-0.2, 0) is 6.54 Å². The molecule has 2 atom stereocenters. The molecule has 2 unspecified atom stereocenters. The highest BCUT2D eigenvalue weighted by Crippen LogP contribution is 2.66. The van der Waals surface area contributed by atoms with Gasteiger partial charge >= 0.3 is 6.03 Å². The molecule has 2 aromatic rings. The Morgan fingerprint density at radius 2 is 1.79 bits per heavy atom. The number of carbonyl (C=O) groups is 1. The molecule has 154 valence electrons. The van der Waals surface area contributed by atoms with E-state index in [2.05, 4.69) is 48.7 Å². The second kappa shape index (κ2) is 6.35. The highest BCUT2D eigenvalue weighted by molar-refractivity contribution is 5.75. The van der Waals surface area contributed by atoms with Crippen LogP contribution >= 0.6 is 0 Å². The van der Waals surface area contributed by atoms with E-state index in [0.717, 1.165) is 42.2 Å². The van der Waals surface area contributed by atoms with Crippen LogP contribution in [0.4, 0.5) is 4.79 Å². The first-order chi connectivity index (χ1) is 13.7. The van der Waals surface area contributed by atoms with Gasteiger partial charge in [-0.2, -0.15) is 0 Å². The van der Waals surface area contributed by atoms with E-state index in [9.17, 15) is 4.79 Å². The van der Waals surface area contributed by atoms with Crippen molar-refractivity contribution in [3.8, 4) is 11.3 Å². The molecule has 0 spiro atoms. The summed E-state index contributed by atoms with van der Waals surface area (Å²) in [7, 11) is 0. The number of hydrogen-bond donors (Lipinski definition) is 2. The zero-order valence-corrected chi connectivity index (χ0v) is 17.7. The average Bonchev–Trinajstić information content (AvgIpc) is 3.06. The van der Waals surface area contributed by atoms with Gasteiger partial charge in [0.05, 0.1) is 6.54 Å². The molecule has 5 nitrogen and oxygen atoms in total. The molecule has 0 aliphatic heterocycles. The van der Waals surface area contributed by atoms with Gasteiger partial charge < -0.3 is 15.2 Å². The molecule has 1 aromatic carbocycles. The third-order valence-corrected chi connectivity index (χ3v) is 7.33. The van der Waals surface area contributed by atoms with Gasteiger partial charge in [0.1, 0.15) is 5.69 Å². The Bertz CT molecular complexity index is 914. The highest BCUT2D eigenvalue weighted by atomic mass is 16.5. The van der Waals surface area contributed by atoms with Crippen molar-refractivity contribution in [2.45, 2.75) is 71.4 Å².